The highest BCUT2D eigenvalue weighted by atomic mass is 32.2. The first-order valence-electron chi connectivity index (χ1n) is 6.06. The highest BCUT2D eigenvalue weighted by Gasteiger charge is 2.29. The molecular weight excluding hydrogens is 296 g/mol. The number of nitrogens with one attached hydrogen (secondary N) is 4. The summed E-state index contributed by atoms with van der Waals surface area (Å²) in [5.41, 5.74) is 1.24. The lowest BCUT2D eigenvalue weighted by Gasteiger charge is -2.21. The Kier molecular flexibility index (Phi) is 4.58. The molecule has 0 radical (unpaired) electrons. The summed E-state index contributed by atoms with van der Waals surface area (Å²) in [6, 6.07) is 4.37. The molecule has 1 aromatic rings. The van der Waals surface area contributed by atoms with E-state index < -0.39 is 10.5 Å². The minimum absolute atomic E-state index is 0.00510. The predicted octanol–water partition coefficient (Wildman–Crippen LogP) is -0.107. The molecule has 1 aromatic carbocycles. The molecule has 2 atom stereocenters. The molecule has 1 aliphatic heterocycles. The van der Waals surface area contributed by atoms with E-state index >= 15 is 0 Å². The Morgan fingerprint density at radius 2 is 2.33 bits per heavy atom. The lowest BCUT2D eigenvalue weighted by Crippen LogP contribution is -2.99. The van der Waals surface area contributed by atoms with E-state index in [2.05, 4.69) is 10.6 Å². The SMILES string of the molecule is Cc1cc([NH+]([O-])O)ccc1NC(=O)[C@H]1CC(=O)NC(=N)S1. The van der Waals surface area contributed by atoms with Crippen LogP contribution in [0.5, 0.6) is 0 Å². The van der Waals surface area contributed by atoms with Gasteiger partial charge in [0.2, 0.25) is 11.8 Å². The molecule has 9 heteroatoms. The van der Waals surface area contributed by atoms with Crippen LogP contribution in [0, 0.1) is 17.5 Å². The van der Waals surface area contributed by atoms with Gasteiger partial charge in [-0.1, -0.05) is 11.8 Å². The molecule has 21 heavy (non-hydrogen) atoms. The molecule has 5 N–H and O–H groups in total. The van der Waals surface area contributed by atoms with Crippen molar-refractivity contribution in [3.05, 3.63) is 29.0 Å². The number of carbonyl (C=O) groups is 2. The van der Waals surface area contributed by atoms with Gasteiger partial charge in [0.05, 0.1) is 0 Å². The number of anilines is 1. The van der Waals surface area contributed by atoms with Crippen LogP contribution < -0.4 is 15.9 Å². The van der Waals surface area contributed by atoms with Gasteiger partial charge in [0.25, 0.3) is 0 Å². The van der Waals surface area contributed by atoms with Crippen molar-refractivity contribution in [3.8, 4) is 0 Å². The molecule has 1 fully saturated rings. The Balaban J connectivity index is 2.09. The fraction of sp³-hybridized carbons (Fsp3) is 0.250. The van der Waals surface area contributed by atoms with Crippen molar-refractivity contribution < 1.29 is 20.0 Å². The summed E-state index contributed by atoms with van der Waals surface area (Å²) in [5.74, 6) is -0.748. The van der Waals surface area contributed by atoms with Crippen molar-refractivity contribution in [3.63, 3.8) is 0 Å². The standard InChI is InChI=1S/C12H14N4O4S/c1-6-4-7(16(19)20)2-3-8(6)14-11(18)9-5-10(17)15-12(13)21-9/h2-4,9,16,19H,5H2,1H3,(H,14,18)(H2,13,15,17)/t9-/m1/s1. The largest absolute Gasteiger partial charge is 0.595 e. The van der Waals surface area contributed by atoms with Crippen molar-refractivity contribution in [1.82, 2.24) is 5.32 Å². The average molecular weight is 310 g/mol. The van der Waals surface area contributed by atoms with E-state index in [0.29, 0.717) is 11.3 Å². The van der Waals surface area contributed by atoms with E-state index in [1.54, 1.807) is 6.92 Å². The fourth-order valence-electron chi connectivity index (χ4n) is 1.86. The minimum atomic E-state index is -1.04. The molecule has 2 rings (SSSR count). The van der Waals surface area contributed by atoms with Crippen molar-refractivity contribution in [2.75, 3.05) is 5.32 Å². The van der Waals surface area contributed by atoms with Gasteiger partial charge in [0, 0.05) is 24.2 Å². The second-order valence-electron chi connectivity index (χ2n) is 4.51. The molecule has 0 aromatic heterocycles. The van der Waals surface area contributed by atoms with Crippen LogP contribution in [0.3, 0.4) is 0 Å². The van der Waals surface area contributed by atoms with Crippen molar-refractivity contribution >= 4 is 40.1 Å². The molecule has 0 saturated carbocycles. The average Bonchev–Trinajstić information content (AvgIpc) is 2.39. The summed E-state index contributed by atoms with van der Waals surface area (Å²) < 4.78 is 0. The second kappa shape index (κ2) is 6.22. The lowest BCUT2D eigenvalue weighted by atomic mass is 10.1. The zero-order valence-electron chi connectivity index (χ0n) is 11.1. The second-order valence-corrected chi connectivity index (χ2v) is 5.73. The van der Waals surface area contributed by atoms with E-state index in [1.807, 2.05) is 0 Å². The van der Waals surface area contributed by atoms with Gasteiger partial charge in [0.1, 0.15) is 5.25 Å². The summed E-state index contributed by atoms with van der Waals surface area (Å²) in [5, 5.41) is 30.4. The fourth-order valence-corrected chi connectivity index (χ4v) is 2.71. The molecule has 1 heterocycles. The molecule has 1 aliphatic rings. The maximum absolute atomic E-state index is 12.1. The van der Waals surface area contributed by atoms with Crippen LogP contribution in [0.15, 0.2) is 18.2 Å². The van der Waals surface area contributed by atoms with Gasteiger partial charge in [-0.05, 0) is 18.6 Å². The molecular formula is C12H14N4O4S. The molecule has 1 saturated heterocycles. The molecule has 2 amide bonds. The quantitative estimate of drug-likeness (QED) is 0.497. The first-order valence-corrected chi connectivity index (χ1v) is 6.94. The smallest absolute Gasteiger partial charge is 0.238 e. The van der Waals surface area contributed by atoms with Crippen LogP contribution >= 0.6 is 11.8 Å². The zero-order chi connectivity index (χ0) is 15.6. The molecule has 1 unspecified atom stereocenters. The Bertz CT molecular complexity index is 589. The maximum Gasteiger partial charge on any atom is 0.238 e. The highest BCUT2D eigenvalue weighted by molar-refractivity contribution is 8.15. The molecule has 112 valence electrons. The third kappa shape index (κ3) is 3.79. The third-order valence-corrected chi connectivity index (χ3v) is 3.91. The number of aryl methyl sites for hydroxylation is 1. The molecule has 0 bridgehead atoms. The number of hydrogen-bond donors (Lipinski definition) is 5. The van der Waals surface area contributed by atoms with Gasteiger partial charge in [-0.2, -0.15) is 5.23 Å². The Morgan fingerprint density at radius 3 is 2.90 bits per heavy atom. The van der Waals surface area contributed by atoms with Crippen LogP contribution in [0.25, 0.3) is 0 Å². The Labute approximate surface area is 124 Å². The van der Waals surface area contributed by atoms with Crippen LogP contribution in [0.4, 0.5) is 11.4 Å². The van der Waals surface area contributed by atoms with Gasteiger partial charge in [-0.3, -0.25) is 15.0 Å². The monoisotopic (exact) mass is 310 g/mol. The van der Waals surface area contributed by atoms with Gasteiger partial charge >= 0.3 is 0 Å². The zero-order valence-corrected chi connectivity index (χ0v) is 11.9. The third-order valence-electron chi connectivity index (χ3n) is 2.91. The summed E-state index contributed by atoms with van der Waals surface area (Å²) >= 11 is 0.977. The van der Waals surface area contributed by atoms with Gasteiger partial charge in [0.15, 0.2) is 10.9 Å². The first kappa shape index (κ1) is 15.4. The number of rotatable bonds is 3. The van der Waals surface area contributed by atoms with Crippen LogP contribution in [-0.4, -0.2) is 27.4 Å². The number of hydrogen-bond acceptors (Lipinski definition) is 6. The first-order chi connectivity index (χ1) is 9.86. The molecule has 0 spiro atoms. The van der Waals surface area contributed by atoms with Gasteiger partial charge < -0.3 is 15.8 Å². The minimum Gasteiger partial charge on any atom is -0.595 e. The normalized spacial score (nSPS) is 19.9. The maximum atomic E-state index is 12.1. The topological polar surface area (TPSA) is 130 Å². The van der Waals surface area contributed by atoms with Crippen LogP contribution in [0.1, 0.15) is 12.0 Å². The number of carbonyl (C=O) groups excluding carboxylic acids is 2. The van der Waals surface area contributed by atoms with Crippen LogP contribution in [-0.2, 0) is 9.59 Å². The van der Waals surface area contributed by atoms with Crippen molar-refractivity contribution in [2.24, 2.45) is 0 Å². The van der Waals surface area contributed by atoms with E-state index in [-0.39, 0.29) is 29.1 Å². The predicted molar refractivity (Wildman–Crippen MR) is 77.5 cm³/mol. The van der Waals surface area contributed by atoms with Crippen molar-refractivity contribution in [1.29, 1.82) is 5.41 Å². The summed E-state index contributed by atoms with van der Waals surface area (Å²) in [4.78, 5) is 23.4. The van der Waals surface area contributed by atoms with Gasteiger partial charge in [-0.15, -0.1) is 0 Å². The Morgan fingerprint density at radius 1 is 1.62 bits per heavy atom. The van der Waals surface area contributed by atoms with Crippen molar-refractivity contribution in [2.45, 2.75) is 18.6 Å². The summed E-state index contributed by atoms with van der Waals surface area (Å²) in [6.45, 7) is 1.69. The highest BCUT2D eigenvalue weighted by Crippen LogP contribution is 2.23. The van der Waals surface area contributed by atoms with E-state index in [4.69, 9.17) is 10.6 Å². The summed E-state index contributed by atoms with van der Waals surface area (Å²) in [7, 11) is 0. The Hall–Kier alpha value is -1.94. The molecule has 0 aliphatic carbocycles. The van der Waals surface area contributed by atoms with Gasteiger partial charge in [-0.25, -0.2) is 5.21 Å². The number of amidine groups is 1. The number of amides is 2. The molecule has 8 nitrogen and oxygen atoms in total. The van der Waals surface area contributed by atoms with E-state index in [1.165, 1.54) is 18.2 Å². The lowest BCUT2D eigenvalue weighted by molar-refractivity contribution is -0.991. The van der Waals surface area contributed by atoms with E-state index in [0.717, 1.165) is 11.8 Å². The number of thioether (sulfide) groups is 1. The number of benzene rings is 1. The van der Waals surface area contributed by atoms with E-state index in [9.17, 15) is 14.8 Å². The summed E-state index contributed by atoms with van der Waals surface area (Å²) in [6.07, 6.45) is 0.00510. The number of quaternary nitrogens is 1. The van der Waals surface area contributed by atoms with Crippen LogP contribution in [0.2, 0.25) is 0 Å².